The summed E-state index contributed by atoms with van der Waals surface area (Å²) in [5.74, 6) is 3.21. The minimum absolute atomic E-state index is 0.285. The Bertz CT molecular complexity index is 865. The van der Waals surface area contributed by atoms with Crippen LogP contribution in [0.1, 0.15) is 53.4 Å². The van der Waals surface area contributed by atoms with Crippen LogP contribution < -0.4 is 4.74 Å². The minimum Gasteiger partial charge on any atom is -0.491 e. The van der Waals surface area contributed by atoms with E-state index in [1.54, 1.807) is 5.57 Å². The Morgan fingerprint density at radius 2 is 1.53 bits per heavy atom. The summed E-state index contributed by atoms with van der Waals surface area (Å²) < 4.78 is 17.7. The van der Waals surface area contributed by atoms with Crippen LogP contribution in [-0.2, 0) is 9.47 Å². The first kappa shape index (κ1) is 24.1. The van der Waals surface area contributed by atoms with Gasteiger partial charge in [0.25, 0.3) is 0 Å². The monoisotopic (exact) mass is 434 g/mol. The van der Waals surface area contributed by atoms with Gasteiger partial charge in [-0.1, -0.05) is 74.9 Å². The second-order valence-electron chi connectivity index (χ2n) is 8.78. The van der Waals surface area contributed by atoms with E-state index in [-0.39, 0.29) is 6.29 Å². The van der Waals surface area contributed by atoms with E-state index in [0.29, 0.717) is 25.0 Å². The topological polar surface area (TPSA) is 27.7 Å². The zero-order chi connectivity index (χ0) is 22.8. The SMILES string of the molecule is CCC(C1=CC=C(OC(C)OCCOc2ccc(-c3ccccc3)cc2)CCC1)C(C)C. The second kappa shape index (κ2) is 12.5. The Morgan fingerprint density at radius 3 is 2.22 bits per heavy atom. The van der Waals surface area contributed by atoms with Crippen LogP contribution in [0.5, 0.6) is 5.75 Å². The van der Waals surface area contributed by atoms with Crippen LogP contribution in [0.2, 0.25) is 0 Å². The van der Waals surface area contributed by atoms with Crippen molar-refractivity contribution in [2.24, 2.45) is 11.8 Å². The molecule has 0 spiro atoms. The van der Waals surface area contributed by atoms with E-state index in [9.17, 15) is 0 Å². The van der Waals surface area contributed by atoms with Crippen molar-refractivity contribution in [3.8, 4) is 16.9 Å². The lowest BCUT2D eigenvalue weighted by molar-refractivity contribution is -0.110. The van der Waals surface area contributed by atoms with Gasteiger partial charge in [0.2, 0.25) is 0 Å². The summed E-state index contributed by atoms with van der Waals surface area (Å²) in [5.41, 5.74) is 3.95. The quantitative estimate of drug-likeness (QED) is 0.267. The third-order valence-electron chi connectivity index (χ3n) is 6.08. The molecule has 0 radical (unpaired) electrons. The lowest BCUT2D eigenvalue weighted by Gasteiger charge is -2.22. The third-order valence-corrected chi connectivity index (χ3v) is 6.08. The second-order valence-corrected chi connectivity index (χ2v) is 8.78. The Balaban J connectivity index is 1.41. The van der Waals surface area contributed by atoms with Gasteiger partial charge >= 0.3 is 0 Å². The lowest BCUT2D eigenvalue weighted by Crippen LogP contribution is -2.17. The van der Waals surface area contributed by atoms with Gasteiger partial charge in [-0.25, -0.2) is 0 Å². The maximum Gasteiger partial charge on any atom is 0.196 e. The summed E-state index contributed by atoms with van der Waals surface area (Å²) in [4.78, 5) is 0. The number of rotatable bonds is 11. The van der Waals surface area contributed by atoms with Crippen molar-refractivity contribution in [1.29, 1.82) is 0 Å². The highest BCUT2D eigenvalue weighted by molar-refractivity contribution is 5.63. The standard InChI is InChI=1S/C29H38O3/c1-5-29(22(2)3)26-12-9-13-28(19-16-26)32-23(4)30-20-21-31-27-17-14-25(15-18-27)24-10-7-6-8-11-24/h6-8,10-11,14-19,22-23,29H,5,9,12-13,20-21H2,1-4H3. The Kier molecular flexibility index (Phi) is 9.43. The van der Waals surface area contributed by atoms with E-state index in [0.717, 1.165) is 30.8 Å². The molecule has 32 heavy (non-hydrogen) atoms. The smallest absolute Gasteiger partial charge is 0.196 e. The fourth-order valence-corrected chi connectivity index (χ4v) is 4.40. The summed E-state index contributed by atoms with van der Waals surface area (Å²) in [7, 11) is 0. The molecule has 2 unspecified atom stereocenters. The van der Waals surface area contributed by atoms with Gasteiger partial charge in [0.05, 0.1) is 12.4 Å². The van der Waals surface area contributed by atoms with Crippen LogP contribution >= 0.6 is 0 Å². The van der Waals surface area contributed by atoms with Crippen LogP contribution in [0.4, 0.5) is 0 Å². The predicted octanol–water partition coefficient (Wildman–Crippen LogP) is 7.79. The van der Waals surface area contributed by atoms with Crippen LogP contribution in [-0.4, -0.2) is 19.5 Å². The molecule has 0 N–H and O–H groups in total. The third kappa shape index (κ3) is 7.27. The summed E-state index contributed by atoms with van der Waals surface area (Å²) in [6.45, 7) is 9.85. The first-order valence-corrected chi connectivity index (χ1v) is 12.0. The van der Waals surface area contributed by atoms with E-state index in [1.807, 2.05) is 37.3 Å². The molecule has 0 saturated heterocycles. The molecule has 0 aromatic heterocycles. The Labute approximate surface area is 194 Å². The zero-order valence-electron chi connectivity index (χ0n) is 20.1. The molecule has 1 aliphatic rings. The van der Waals surface area contributed by atoms with Gasteiger partial charge in [-0.3, -0.25) is 0 Å². The molecule has 0 heterocycles. The van der Waals surface area contributed by atoms with Crippen LogP contribution in [0.25, 0.3) is 11.1 Å². The normalized spacial score (nSPS) is 16.0. The predicted molar refractivity (Wildman–Crippen MR) is 133 cm³/mol. The molecule has 3 heteroatoms. The van der Waals surface area contributed by atoms with E-state index in [1.165, 1.54) is 17.5 Å². The van der Waals surface area contributed by atoms with E-state index in [4.69, 9.17) is 14.2 Å². The average molecular weight is 435 g/mol. The van der Waals surface area contributed by atoms with Gasteiger partial charge in [-0.05, 0) is 67.4 Å². The van der Waals surface area contributed by atoms with Gasteiger partial charge in [-0.15, -0.1) is 0 Å². The molecular weight excluding hydrogens is 396 g/mol. The number of benzene rings is 2. The first-order chi connectivity index (χ1) is 15.6. The van der Waals surface area contributed by atoms with Crippen molar-refractivity contribution < 1.29 is 14.2 Å². The van der Waals surface area contributed by atoms with Crippen LogP contribution in [0.15, 0.2) is 78.1 Å². The zero-order valence-corrected chi connectivity index (χ0v) is 20.1. The Morgan fingerprint density at radius 1 is 0.812 bits per heavy atom. The highest BCUT2D eigenvalue weighted by atomic mass is 16.7. The number of hydrogen-bond acceptors (Lipinski definition) is 3. The molecule has 0 fully saturated rings. The Hall–Kier alpha value is -2.52. The first-order valence-electron chi connectivity index (χ1n) is 12.0. The highest BCUT2D eigenvalue weighted by Gasteiger charge is 2.18. The number of hydrogen-bond donors (Lipinski definition) is 0. The molecular formula is C29H38O3. The van der Waals surface area contributed by atoms with Gasteiger partial charge in [0.15, 0.2) is 6.29 Å². The molecule has 2 aromatic carbocycles. The van der Waals surface area contributed by atoms with Gasteiger partial charge in [0.1, 0.15) is 12.4 Å². The molecule has 0 aliphatic heterocycles. The van der Waals surface area contributed by atoms with Crippen molar-refractivity contribution in [3.05, 3.63) is 78.1 Å². The van der Waals surface area contributed by atoms with Crippen molar-refractivity contribution in [2.75, 3.05) is 13.2 Å². The van der Waals surface area contributed by atoms with Gasteiger partial charge < -0.3 is 14.2 Å². The molecule has 172 valence electrons. The number of allylic oxidation sites excluding steroid dienone is 4. The van der Waals surface area contributed by atoms with E-state index < -0.39 is 0 Å². The molecule has 3 rings (SSSR count). The summed E-state index contributed by atoms with van der Waals surface area (Å²) in [6, 6.07) is 18.5. The maximum atomic E-state index is 6.05. The van der Waals surface area contributed by atoms with Crippen molar-refractivity contribution >= 4 is 0 Å². The number of ether oxygens (including phenoxy) is 3. The van der Waals surface area contributed by atoms with Crippen LogP contribution in [0, 0.1) is 11.8 Å². The highest BCUT2D eigenvalue weighted by Crippen LogP contribution is 2.31. The van der Waals surface area contributed by atoms with E-state index in [2.05, 4.69) is 57.2 Å². The maximum absolute atomic E-state index is 6.05. The molecule has 0 saturated carbocycles. The molecule has 2 aromatic rings. The largest absolute Gasteiger partial charge is 0.491 e. The summed E-state index contributed by atoms with van der Waals surface area (Å²) in [5, 5.41) is 0. The van der Waals surface area contributed by atoms with Crippen molar-refractivity contribution in [3.63, 3.8) is 0 Å². The van der Waals surface area contributed by atoms with Crippen molar-refractivity contribution in [2.45, 2.75) is 59.7 Å². The minimum atomic E-state index is -0.285. The van der Waals surface area contributed by atoms with Crippen LogP contribution in [0.3, 0.4) is 0 Å². The van der Waals surface area contributed by atoms with Gasteiger partial charge in [0, 0.05) is 6.42 Å². The van der Waals surface area contributed by atoms with Crippen molar-refractivity contribution in [1.82, 2.24) is 0 Å². The average Bonchev–Trinajstić information content (AvgIpc) is 3.03. The molecule has 3 nitrogen and oxygen atoms in total. The fourth-order valence-electron chi connectivity index (χ4n) is 4.40. The summed E-state index contributed by atoms with van der Waals surface area (Å²) in [6.07, 6.45) is 8.60. The van der Waals surface area contributed by atoms with E-state index >= 15 is 0 Å². The molecule has 2 atom stereocenters. The molecule has 0 amide bonds. The van der Waals surface area contributed by atoms with Gasteiger partial charge in [-0.2, -0.15) is 0 Å². The molecule has 0 bridgehead atoms. The summed E-state index contributed by atoms with van der Waals surface area (Å²) >= 11 is 0. The fraction of sp³-hybridized carbons (Fsp3) is 0.448. The molecule has 1 aliphatic carbocycles. The lowest BCUT2D eigenvalue weighted by atomic mass is 9.84.